The van der Waals surface area contributed by atoms with E-state index >= 15 is 0 Å². The monoisotopic (exact) mass is 293 g/mol. The molecule has 1 aromatic rings. The van der Waals surface area contributed by atoms with E-state index in [0.717, 1.165) is 12.8 Å². The van der Waals surface area contributed by atoms with Gasteiger partial charge in [-0.05, 0) is 30.5 Å². The Balaban J connectivity index is 2.25. The number of benzene rings is 1. The fourth-order valence-corrected chi connectivity index (χ4v) is 3.72. The van der Waals surface area contributed by atoms with Crippen LogP contribution in [0.2, 0.25) is 0 Å². The van der Waals surface area contributed by atoms with Gasteiger partial charge in [0.05, 0.1) is 5.37 Å². The van der Waals surface area contributed by atoms with Crippen molar-refractivity contribution in [1.82, 2.24) is 4.90 Å². The van der Waals surface area contributed by atoms with Crippen molar-refractivity contribution >= 4 is 23.6 Å². The molecule has 2 unspecified atom stereocenters. The molecule has 4 nitrogen and oxygen atoms in total. The van der Waals surface area contributed by atoms with E-state index in [1.165, 1.54) is 10.5 Å². The number of carbonyl (C=O) groups is 2. The van der Waals surface area contributed by atoms with Gasteiger partial charge in [0, 0.05) is 11.3 Å². The number of rotatable bonds is 4. The molecule has 0 aliphatic carbocycles. The van der Waals surface area contributed by atoms with E-state index in [4.69, 9.17) is 0 Å². The van der Waals surface area contributed by atoms with Gasteiger partial charge in [-0.3, -0.25) is 4.79 Å². The van der Waals surface area contributed by atoms with Crippen LogP contribution in [0.1, 0.15) is 36.2 Å². The van der Waals surface area contributed by atoms with Crippen LogP contribution in [-0.4, -0.2) is 39.1 Å². The van der Waals surface area contributed by atoms with Crippen molar-refractivity contribution in [2.75, 3.05) is 5.75 Å². The summed E-state index contributed by atoms with van der Waals surface area (Å²) in [6.45, 7) is 4.03. The van der Waals surface area contributed by atoms with E-state index in [9.17, 15) is 14.7 Å². The summed E-state index contributed by atoms with van der Waals surface area (Å²) in [6, 6.07) is 6.70. The average molecular weight is 293 g/mol. The van der Waals surface area contributed by atoms with Crippen LogP contribution in [0.5, 0.6) is 0 Å². The highest BCUT2D eigenvalue weighted by Crippen LogP contribution is 2.32. The van der Waals surface area contributed by atoms with Crippen molar-refractivity contribution in [3.8, 4) is 0 Å². The van der Waals surface area contributed by atoms with Crippen molar-refractivity contribution < 1.29 is 14.7 Å². The molecule has 1 amide bonds. The molecular weight excluding hydrogens is 274 g/mol. The summed E-state index contributed by atoms with van der Waals surface area (Å²) in [6.07, 6.45) is 1.68. The lowest BCUT2D eigenvalue weighted by molar-refractivity contribution is -0.141. The second-order valence-electron chi connectivity index (χ2n) is 4.81. The smallest absolute Gasteiger partial charge is 0.327 e. The number of aliphatic carboxylic acids is 1. The Morgan fingerprint density at radius 1 is 1.30 bits per heavy atom. The van der Waals surface area contributed by atoms with Crippen LogP contribution < -0.4 is 0 Å². The zero-order chi connectivity index (χ0) is 14.7. The second-order valence-corrected chi connectivity index (χ2v) is 6.02. The Hall–Kier alpha value is -1.49. The SMILES string of the molecule is CCc1ccc(C(=O)N2C(CC)SCC2C(=O)O)cc1. The maximum Gasteiger partial charge on any atom is 0.327 e. The molecule has 1 aromatic carbocycles. The van der Waals surface area contributed by atoms with Crippen molar-refractivity contribution in [3.05, 3.63) is 35.4 Å². The van der Waals surface area contributed by atoms with E-state index in [1.807, 2.05) is 19.1 Å². The third-order valence-corrected chi connectivity index (χ3v) is 5.02. The fourth-order valence-electron chi connectivity index (χ4n) is 2.37. The normalized spacial score (nSPS) is 22.0. The Morgan fingerprint density at radius 3 is 2.45 bits per heavy atom. The molecule has 108 valence electrons. The minimum atomic E-state index is -0.924. The fraction of sp³-hybridized carbons (Fsp3) is 0.467. The summed E-state index contributed by atoms with van der Waals surface area (Å²) < 4.78 is 0. The van der Waals surface area contributed by atoms with Crippen LogP contribution in [0, 0.1) is 0 Å². The first-order chi connectivity index (χ1) is 9.58. The Morgan fingerprint density at radius 2 is 1.95 bits per heavy atom. The number of aryl methyl sites for hydroxylation is 1. The van der Waals surface area contributed by atoms with Gasteiger partial charge < -0.3 is 10.0 Å². The number of carboxylic acids is 1. The van der Waals surface area contributed by atoms with Crippen LogP contribution in [0.25, 0.3) is 0 Å². The topological polar surface area (TPSA) is 57.6 Å². The second kappa shape index (κ2) is 6.31. The van der Waals surface area contributed by atoms with Gasteiger partial charge in [0.1, 0.15) is 6.04 Å². The summed E-state index contributed by atoms with van der Waals surface area (Å²) in [4.78, 5) is 25.4. The summed E-state index contributed by atoms with van der Waals surface area (Å²) >= 11 is 1.54. The number of hydrogen-bond donors (Lipinski definition) is 1. The summed E-state index contributed by atoms with van der Waals surface area (Å²) in [5.41, 5.74) is 1.73. The zero-order valence-electron chi connectivity index (χ0n) is 11.7. The van der Waals surface area contributed by atoms with Gasteiger partial charge in [-0.15, -0.1) is 11.8 Å². The third kappa shape index (κ3) is 2.82. The standard InChI is InChI=1S/C15H19NO3S/c1-3-10-5-7-11(8-6-10)14(17)16-12(15(18)19)9-20-13(16)4-2/h5-8,12-13H,3-4,9H2,1-2H3,(H,18,19). The number of thioether (sulfide) groups is 1. The van der Waals surface area contributed by atoms with Gasteiger partial charge in [-0.25, -0.2) is 4.79 Å². The molecule has 1 saturated heterocycles. The van der Waals surface area contributed by atoms with Gasteiger partial charge >= 0.3 is 5.97 Å². The predicted molar refractivity (Wildman–Crippen MR) is 80.0 cm³/mol. The molecule has 0 spiro atoms. The first-order valence-corrected chi connectivity index (χ1v) is 7.89. The van der Waals surface area contributed by atoms with E-state index in [0.29, 0.717) is 11.3 Å². The highest BCUT2D eigenvalue weighted by Gasteiger charge is 2.40. The van der Waals surface area contributed by atoms with Gasteiger partial charge in [0.15, 0.2) is 0 Å². The minimum absolute atomic E-state index is 0.0468. The quantitative estimate of drug-likeness (QED) is 0.927. The average Bonchev–Trinajstić information content (AvgIpc) is 2.90. The highest BCUT2D eigenvalue weighted by atomic mass is 32.2. The Kier molecular flexibility index (Phi) is 4.70. The van der Waals surface area contributed by atoms with Crippen LogP contribution in [0.15, 0.2) is 24.3 Å². The maximum absolute atomic E-state index is 12.6. The molecule has 0 saturated carbocycles. The molecule has 0 radical (unpaired) electrons. The minimum Gasteiger partial charge on any atom is -0.480 e. The van der Waals surface area contributed by atoms with Crippen molar-refractivity contribution in [2.45, 2.75) is 38.1 Å². The number of carboxylic acid groups (broad SMARTS) is 1. The molecular formula is C15H19NO3S. The molecule has 1 N–H and O–H groups in total. The lowest BCUT2D eigenvalue weighted by atomic mass is 10.1. The molecule has 0 bridgehead atoms. The Bertz CT molecular complexity index is 500. The van der Waals surface area contributed by atoms with Crippen molar-refractivity contribution in [3.63, 3.8) is 0 Å². The van der Waals surface area contributed by atoms with Gasteiger partial charge in [0.25, 0.3) is 5.91 Å². The zero-order valence-corrected chi connectivity index (χ0v) is 12.5. The Labute approximate surface area is 123 Å². The molecule has 1 heterocycles. The van der Waals surface area contributed by atoms with Crippen LogP contribution in [0.3, 0.4) is 0 Å². The molecule has 0 aromatic heterocycles. The molecule has 5 heteroatoms. The van der Waals surface area contributed by atoms with E-state index in [-0.39, 0.29) is 11.3 Å². The van der Waals surface area contributed by atoms with Crippen LogP contribution in [-0.2, 0) is 11.2 Å². The third-order valence-electron chi connectivity index (χ3n) is 3.57. The maximum atomic E-state index is 12.6. The lowest BCUT2D eigenvalue weighted by Gasteiger charge is -2.26. The van der Waals surface area contributed by atoms with Gasteiger partial charge in [0.2, 0.25) is 0 Å². The van der Waals surface area contributed by atoms with Crippen molar-refractivity contribution in [2.24, 2.45) is 0 Å². The first kappa shape index (κ1) is 14.9. The molecule has 20 heavy (non-hydrogen) atoms. The molecule has 2 atom stereocenters. The molecule has 2 rings (SSSR count). The predicted octanol–water partition coefficient (Wildman–Crippen LogP) is 2.63. The number of nitrogens with zero attached hydrogens (tertiary/aromatic N) is 1. The number of amides is 1. The molecule has 1 fully saturated rings. The number of carbonyl (C=O) groups excluding carboxylic acids is 1. The van der Waals surface area contributed by atoms with E-state index in [1.54, 1.807) is 23.9 Å². The van der Waals surface area contributed by atoms with Gasteiger partial charge in [-0.2, -0.15) is 0 Å². The summed E-state index contributed by atoms with van der Waals surface area (Å²) in [5, 5.41) is 9.22. The molecule has 1 aliphatic rings. The highest BCUT2D eigenvalue weighted by molar-refractivity contribution is 8.00. The van der Waals surface area contributed by atoms with Crippen LogP contribution in [0.4, 0.5) is 0 Å². The lowest BCUT2D eigenvalue weighted by Crippen LogP contribution is -2.45. The molecule has 1 aliphatic heterocycles. The summed E-state index contributed by atoms with van der Waals surface area (Å²) in [5.74, 6) is -0.643. The largest absolute Gasteiger partial charge is 0.480 e. The van der Waals surface area contributed by atoms with Crippen LogP contribution >= 0.6 is 11.8 Å². The van der Waals surface area contributed by atoms with E-state index < -0.39 is 12.0 Å². The van der Waals surface area contributed by atoms with Crippen molar-refractivity contribution in [1.29, 1.82) is 0 Å². The summed E-state index contributed by atoms with van der Waals surface area (Å²) in [7, 11) is 0. The first-order valence-electron chi connectivity index (χ1n) is 6.84. The number of hydrogen-bond acceptors (Lipinski definition) is 3. The van der Waals surface area contributed by atoms with E-state index in [2.05, 4.69) is 6.92 Å². The van der Waals surface area contributed by atoms with Gasteiger partial charge in [-0.1, -0.05) is 26.0 Å².